The van der Waals surface area contributed by atoms with Gasteiger partial charge in [-0.25, -0.2) is 9.78 Å². The van der Waals surface area contributed by atoms with E-state index >= 15 is 0 Å². The number of rotatable bonds is 2. The van der Waals surface area contributed by atoms with Gasteiger partial charge in [-0.2, -0.15) is 0 Å². The zero-order valence-electron chi connectivity index (χ0n) is 7.90. The Hall–Kier alpha value is -1.32. The first kappa shape index (κ1) is 9.24. The van der Waals surface area contributed by atoms with Crippen molar-refractivity contribution in [2.45, 2.75) is 38.0 Å². The summed E-state index contributed by atoms with van der Waals surface area (Å²) < 4.78 is 5.17. The van der Waals surface area contributed by atoms with Crippen LogP contribution in [-0.4, -0.2) is 16.1 Å². The van der Waals surface area contributed by atoms with Crippen LogP contribution < -0.4 is 0 Å². The number of carboxylic acids is 1. The number of aromatic nitrogens is 1. The van der Waals surface area contributed by atoms with Crippen LogP contribution in [-0.2, 0) is 0 Å². The molecule has 0 unspecified atom stereocenters. The van der Waals surface area contributed by atoms with Gasteiger partial charge in [0.15, 0.2) is 11.6 Å². The summed E-state index contributed by atoms with van der Waals surface area (Å²) in [7, 11) is 0. The molecule has 1 aromatic rings. The second kappa shape index (κ2) is 3.82. The molecule has 0 radical (unpaired) electrons. The van der Waals surface area contributed by atoms with Crippen molar-refractivity contribution in [3.8, 4) is 0 Å². The fourth-order valence-corrected chi connectivity index (χ4v) is 1.92. The summed E-state index contributed by atoms with van der Waals surface area (Å²) in [6.07, 6.45) is 7.01. The van der Waals surface area contributed by atoms with Crippen molar-refractivity contribution in [2.24, 2.45) is 0 Å². The molecule has 1 heterocycles. The number of aromatic carboxylic acids is 1. The van der Waals surface area contributed by atoms with Crippen LogP contribution in [0.2, 0.25) is 0 Å². The van der Waals surface area contributed by atoms with E-state index in [0.717, 1.165) is 12.8 Å². The molecule has 0 aromatic carbocycles. The number of carbonyl (C=O) groups is 1. The maximum atomic E-state index is 10.6. The first-order valence-corrected chi connectivity index (χ1v) is 4.96. The van der Waals surface area contributed by atoms with Crippen molar-refractivity contribution in [3.63, 3.8) is 0 Å². The molecular weight excluding hydrogens is 182 g/mol. The van der Waals surface area contributed by atoms with Crippen LogP contribution in [0.15, 0.2) is 10.7 Å². The van der Waals surface area contributed by atoms with Crippen molar-refractivity contribution in [1.29, 1.82) is 0 Å². The van der Waals surface area contributed by atoms with E-state index in [1.807, 2.05) is 0 Å². The van der Waals surface area contributed by atoms with Gasteiger partial charge in [0.1, 0.15) is 6.26 Å². The van der Waals surface area contributed by atoms with E-state index in [9.17, 15) is 4.79 Å². The highest BCUT2D eigenvalue weighted by Crippen LogP contribution is 2.31. The summed E-state index contributed by atoms with van der Waals surface area (Å²) in [4.78, 5) is 14.5. The molecule has 0 spiro atoms. The van der Waals surface area contributed by atoms with E-state index in [4.69, 9.17) is 9.52 Å². The molecule has 0 saturated heterocycles. The number of nitrogens with zero attached hydrogens (tertiary/aromatic N) is 1. The molecule has 1 fully saturated rings. The van der Waals surface area contributed by atoms with Crippen LogP contribution in [0, 0.1) is 0 Å². The molecular formula is C10H13NO3. The van der Waals surface area contributed by atoms with E-state index in [1.54, 1.807) is 0 Å². The SMILES string of the molecule is O=C(O)c1coc(C2CCCCC2)n1. The lowest BCUT2D eigenvalue weighted by Gasteiger charge is -2.17. The Morgan fingerprint density at radius 3 is 2.71 bits per heavy atom. The number of hydrogen-bond acceptors (Lipinski definition) is 3. The molecule has 14 heavy (non-hydrogen) atoms. The minimum atomic E-state index is -1.02. The molecule has 2 rings (SSSR count). The fourth-order valence-electron chi connectivity index (χ4n) is 1.92. The lowest BCUT2D eigenvalue weighted by Crippen LogP contribution is -2.05. The molecule has 0 amide bonds. The third kappa shape index (κ3) is 1.78. The standard InChI is InChI=1S/C10H13NO3/c12-10(13)8-6-14-9(11-8)7-4-2-1-3-5-7/h6-7H,1-5H2,(H,12,13). The second-order valence-electron chi connectivity index (χ2n) is 3.71. The monoisotopic (exact) mass is 195 g/mol. The maximum Gasteiger partial charge on any atom is 0.357 e. The topological polar surface area (TPSA) is 63.3 Å². The average molecular weight is 195 g/mol. The Labute approximate surface area is 81.9 Å². The first-order valence-electron chi connectivity index (χ1n) is 4.96. The predicted octanol–water partition coefficient (Wildman–Crippen LogP) is 2.42. The molecule has 1 aliphatic rings. The van der Waals surface area contributed by atoms with E-state index in [2.05, 4.69) is 4.98 Å². The van der Waals surface area contributed by atoms with Gasteiger partial charge in [0.25, 0.3) is 0 Å². The molecule has 1 aliphatic carbocycles. The van der Waals surface area contributed by atoms with Crippen LogP contribution in [0.4, 0.5) is 0 Å². The lowest BCUT2D eigenvalue weighted by atomic mass is 9.89. The Balaban J connectivity index is 2.11. The van der Waals surface area contributed by atoms with Crippen molar-refractivity contribution < 1.29 is 14.3 Å². The zero-order chi connectivity index (χ0) is 9.97. The Kier molecular flexibility index (Phi) is 2.52. The average Bonchev–Trinajstić information content (AvgIpc) is 2.68. The zero-order valence-corrected chi connectivity index (χ0v) is 7.90. The molecule has 1 N–H and O–H groups in total. The molecule has 76 valence electrons. The van der Waals surface area contributed by atoms with Crippen LogP contribution in [0.1, 0.15) is 54.4 Å². The van der Waals surface area contributed by atoms with E-state index < -0.39 is 5.97 Å². The van der Waals surface area contributed by atoms with Gasteiger partial charge in [-0.05, 0) is 12.8 Å². The van der Waals surface area contributed by atoms with Crippen LogP contribution in [0.5, 0.6) is 0 Å². The molecule has 4 nitrogen and oxygen atoms in total. The Morgan fingerprint density at radius 2 is 2.14 bits per heavy atom. The second-order valence-corrected chi connectivity index (χ2v) is 3.71. The summed E-state index contributed by atoms with van der Waals surface area (Å²) in [5.74, 6) is -0.0882. The quantitative estimate of drug-likeness (QED) is 0.787. The summed E-state index contributed by atoms with van der Waals surface area (Å²) in [6.45, 7) is 0. The minimum absolute atomic E-state index is 0.0190. The smallest absolute Gasteiger partial charge is 0.357 e. The Bertz CT molecular complexity index is 326. The molecule has 1 aromatic heterocycles. The summed E-state index contributed by atoms with van der Waals surface area (Å²) in [5.41, 5.74) is 0.0190. The van der Waals surface area contributed by atoms with E-state index in [-0.39, 0.29) is 5.69 Å². The van der Waals surface area contributed by atoms with Crippen molar-refractivity contribution in [3.05, 3.63) is 17.8 Å². The van der Waals surface area contributed by atoms with Crippen molar-refractivity contribution in [2.75, 3.05) is 0 Å². The van der Waals surface area contributed by atoms with Gasteiger partial charge >= 0.3 is 5.97 Å². The highest BCUT2D eigenvalue weighted by molar-refractivity contribution is 5.84. The van der Waals surface area contributed by atoms with Crippen LogP contribution >= 0.6 is 0 Å². The van der Waals surface area contributed by atoms with Gasteiger partial charge in [0.05, 0.1) is 0 Å². The van der Waals surface area contributed by atoms with Gasteiger partial charge in [-0.1, -0.05) is 19.3 Å². The normalized spacial score (nSPS) is 18.3. The van der Waals surface area contributed by atoms with Crippen LogP contribution in [0.3, 0.4) is 0 Å². The van der Waals surface area contributed by atoms with Crippen molar-refractivity contribution in [1.82, 2.24) is 4.98 Å². The van der Waals surface area contributed by atoms with Crippen LogP contribution in [0.25, 0.3) is 0 Å². The highest BCUT2D eigenvalue weighted by atomic mass is 16.4. The van der Waals surface area contributed by atoms with E-state index in [1.165, 1.54) is 25.5 Å². The molecule has 1 saturated carbocycles. The largest absolute Gasteiger partial charge is 0.476 e. The maximum absolute atomic E-state index is 10.6. The first-order chi connectivity index (χ1) is 6.77. The van der Waals surface area contributed by atoms with Gasteiger partial charge in [0.2, 0.25) is 0 Å². The highest BCUT2D eigenvalue weighted by Gasteiger charge is 2.21. The number of hydrogen-bond donors (Lipinski definition) is 1. The van der Waals surface area contributed by atoms with Gasteiger partial charge < -0.3 is 9.52 Å². The predicted molar refractivity (Wildman–Crippen MR) is 49.3 cm³/mol. The minimum Gasteiger partial charge on any atom is -0.476 e. The van der Waals surface area contributed by atoms with E-state index in [0.29, 0.717) is 11.8 Å². The summed E-state index contributed by atoms with van der Waals surface area (Å²) >= 11 is 0. The molecule has 0 aliphatic heterocycles. The number of carboxylic acid groups (broad SMARTS) is 1. The molecule has 4 heteroatoms. The van der Waals surface area contributed by atoms with Gasteiger partial charge in [0, 0.05) is 5.92 Å². The van der Waals surface area contributed by atoms with Gasteiger partial charge in [-0.15, -0.1) is 0 Å². The summed E-state index contributed by atoms with van der Waals surface area (Å²) in [5, 5.41) is 8.67. The third-order valence-electron chi connectivity index (χ3n) is 2.70. The molecule has 0 atom stereocenters. The third-order valence-corrected chi connectivity index (χ3v) is 2.70. The van der Waals surface area contributed by atoms with Crippen molar-refractivity contribution >= 4 is 5.97 Å². The number of oxazole rings is 1. The Morgan fingerprint density at radius 1 is 1.43 bits per heavy atom. The fraction of sp³-hybridized carbons (Fsp3) is 0.600. The van der Waals surface area contributed by atoms with Gasteiger partial charge in [-0.3, -0.25) is 0 Å². The molecule has 0 bridgehead atoms. The lowest BCUT2D eigenvalue weighted by molar-refractivity contribution is 0.0690. The summed E-state index contributed by atoms with van der Waals surface area (Å²) in [6, 6.07) is 0.